The van der Waals surface area contributed by atoms with Crippen molar-refractivity contribution in [1.29, 1.82) is 0 Å². The molecule has 25 heavy (non-hydrogen) atoms. The number of nitrogens with one attached hydrogen (secondary N) is 2. The van der Waals surface area contributed by atoms with Crippen molar-refractivity contribution >= 4 is 17.5 Å². The summed E-state index contributed by atoms with van der Waals surface area (Å²) in [6, 6.07) is 8.24. The molecule has 3 rings (SSSR count). The van der Waals surface area contributed by atoms with Crippen LogP contribution < -0.4 is 10.6 Å². The number of para-hydroxylation sites is 1. The quantitative estimate of drug-likeness (QED) is 0.693. The number of benzene rings is 1. The van der Waals surface area contributed by atoms with E-state index in [-0.39, 0.29) is 0 Å². The normalized spacial score (nSPS) is 14.3. The summed E-state index contributed by atoms with van der Waals surface area (Å²) in [5.41, 5.74) is 3.84. The Balaban J connectivity index is 1.61. The molecule has 0 saturated heterocycles. The lowest BCUT2D eigenvalue weighted by Gasteiger charge is -2.14. The van der Waals surface area contributed by atoms with Crippen molar-refractivity contribution in [3.8, 4) is 0 Å². The largest absolute Gasteiger partial charge is 0.368 e. The summed E-state index contributed by atoms with van der Waals surface area (Å²) in [6.07, 6.45) is 10.3. The summed E-state index contributed by atoms with van der Waals surface area (Å²) in [6.45, 7) is 5.24. The first-order valence-corrected chi connectivity index (χ1v) is 9.20. The molecule has 132 valence electrons. The van der Waals surface area contributed by atoms with E-state index in [0.29, 0.717) is 11.9 Å². The average molecular weight is 337 g/mol. The highest BCUT2D eigenvalue weighted by molar-refractivity contribution is 5.59. The van der Waals surface area contributed by atoms with Crippen molar-refractivity contribution in [1.82, 2.24) is 15.2 Å². The minimum atomic E-state index is 0.432. The lowest BCUT2D eigenvalue weighted by atomic mass is 9.97. The fourth-order valence-electron chi connectivity index (χ4n) is 3.16. The Morgan fingerprint density at radius 1 is 1.16 bits per heavy atom. The average Bonchev–Trinajstić information content (AvgIpc) is 2.63. The summed E-state index contributed by atoms with van der Waals surface area (Å²) in [7, 11) is 0. The molecule has 1 heterocycles. The van der Waals surface area contributed by atoms with Gasteiger partial charge in [0.1, 0.15) is 0 Å². The van der Waals surface area contributed by atoms with Crippen LogP contribution in [0.4, 0.5) is 17.5 Å². The van der Waals surface area contributed by atoms with E-state index in [1.54, 1.807) is 11.8 Å². The van der Waals surface area contributed by atoms with Crippen LogP contribution in [0.1, 0.15) is 57.4 Å². The van der Waals surface area contributed by atoms with Gasteiger partial charge in [0, 0.05) is 12.2 Å². The van der Waals surface area contributed by atoms with E-state index < -0.39 is 0 Å². The minimum absolute atomic E-state index is 0.432. The van der Waals surface area contributed by atoms with Crippen LogP contribution in [0.3, 0.4) is 0 Å². The summed E-state index contributed by atoms with van der Waals surface area (Å²) in [4.78, 5) is 4.54. The maximum absolute atomic E-state index is 4.54. The number of aromatic nitrogens is 3. The first kappa shape index (κ1) is 17.4. The molecule has 1 aliphatic rings. The molecule has 1 aliphatic carbocycles. The van der Waals surface area contributed by atoms with Gasteiger partial charge in [-0.05, 0) is 49.7 Å². The first-order valence-electron chi connectivity index (χ1n) is 9.20. The minimum Gasteiger partial charge on any atom is -0.368 e. The van der Waals surface area contributed by atoms with Gasteiger partial charge in [-0.25, -0.2) is 0 Å². The second kappa shape index (κ2) is 8.60. The van der Waals surface area contributed by atoms with E-state index in [4.69, 9.17) is 0 Å². The third-order valence-electron chi connectivity index (χ3n) is 4.53. The Morgan fingerprint density at radius 3 is 2.84 bits per heavy atom. The fourth-order valence-corrected chi connectivity index (χ4v) is 3.16. The Kier molecular flexibility index (Phi) is 5.99. The summed E-state index contributed by atoms with van der Waals surface area (Å²) in [5.74, 6) is 1.72. The van der Waals surface area contributed by atoms with Crippen molar-refractivity contribution in [3.63, 3.8) is 0 Å². The molecule has 5 nitrogen and oxygen atoms in total. The number of hydrogen-bond acceptors (Lipinski definition) is 5. The van der Waals surface area contributed by atoms with Crippen molar-refractivity contribution in [2.45, 2.75) is 51.9 Å². The topological polar surface area (TPSA) is 62.7 Å². The lowest BCUT2D eigenvalue weighted by molar-refractivity contribution is 0.679. The summed E-state index contributed by atoms with van der Waals surface area (Å²) in [5, 5.41) is 14.8. The second-order valence-electron chi connectivity index (χ2n) is 6.82. The Morgan fingerprint density at radius 2 is 2.04 bits per heavy atom. The Hall–Kier alpha value is -2.43. The highest BCUT2D eigenvalue weighted by Crippen LogP contribution is 2.25. The number of anilines is 3. The molecule has 1 aromatic heterocycles. The van der Waals surface area contributed by atoms with Crippen LogP contribution in [0.2, 0.25) is 0 Å². The van der Waals surface area contributed by atoms with Crippen LogP contribution in [0.25, 0.3) is 0 Å². The van der Waals surface area contributed by atoms with Crippen molar-refractivity contribution < 1.29 is 0 Å². The maximum atomic E-state index is 4.54. The van der Waals surface area contributed by atoms with Crippen molar-refractivity contribution in [2.75, 3.05) is 17.2 Å². The zero-order valence-corrected chi connectivity index (χ0v) is 15.1. The van der Waals surface area contributed by atoms with Gasteiger partial charge in [-0.3, -0.25) is 0 Å². The summed E-state index contributed by atoms with van der Waals surface area (Å²) >= 11 is 0. The molecule has 0 atom stereocenters. The fraction of sp³-hybridized carbons (Fsp3) is 0.450. The SMILES string of the molecule is CC(C)c1ccccc1Nc1nncc(NCCC2=CCCCC2)n1. The van der Waals surface area contributed by atoms with Gasteiger partial charge in [0.25, 0.3) is 0 Å². The predicted molar refractivity (Wildman–Crippen MR) is 103 cm³/mol. The van der Waals surface area contributed by atoms with Gasteiger partial charge in [0.2, 0.25) is 5.95 Å². The Labute approximate surface area is 150 Å². The van der Waals surface area contributed by atoms with Crippen LogP contribution >= 0.6 is 0 Å². The van der Waals surface area contributed by atoms with Gasteiger partial charge in [0.15, 0.2) is 5.82 Å². The number of allylic oxidation sites excluding steroid dienone is 1. The third kappa shape index (κ3) is 5.02. The van der Waals surface area contributed by atoms with Gasteiger partial charge in [-0.15, -0.1) is 5.10 Å². The van der Waals surface area contributed by atoms with Crippen LogP contribution in [0.5, 0.6) is 0 Å². The van der Waals surface area contributed by atoms with Gasteiger partial charge in [-0.1, -0.05) is 43.7 Å². The van der Waals surface area contributed by atoms with E-state index in [0.717, 1.165) is 24.5 Å². The summed E-state index contributed by atoms with van der Waals surface area (Å²) < 4.78 is 0. The van der Waals surface area contributed by atoms with Gasteiger partial charge >= 0.3 is 0 Å². The van der Waals surface area contributed by atoms with E-state index in [9.17, 15) is 0 Å². The van der Waals surface area contributed by atoms with E-state index >= 15 is 0 Å². The number of nitrogens with zero attached hydrogens (tertiary/aromatic N) is 3. The lowest BCUT2D eigenvalue weighted by Crippen LogP contribution is -2.08. The molecule has 0 aliphatic heterocycles. The smallest absolute Gasteiger partial charge is 0.249 e. The molecule has 2 aromatic rings. The molecule has 2 N–H and O–H groups in total. The number of hydrogen-bond donors (Lipinski definition) is 2. The van der Waals surface area contributed by atoms with E-state index in [1.165, 1.54) is 31.2 Å². The van der Waals surface area contributed by atoms with E-state index in [2.05, 4.69) is 57.9 Å². The molecule has 0 radical (unpaired) electrons. The van der Waals surface area contributed by atoms with Gasteiger partial charge in [-0.2, -0.15) is 10.1 Å². The molecule has 0 fully saturated rings. The van der Waals surface area contributed by atoms with Crippen LogP contribution in [0.15, 0.2) is 42.1 Å². The highest BCUT2D eigenvalue weighted by Gasteiger charge is 2.08. The van der Waals surface area contributed by atoms with Gasteiger partial charge in [0.05, 0.1) is 6.20 Å². The molecule has 0 spiro atoms. The van der Waals surface area contributed by atoms with Crippen LogP contribution in [0, 0.1) is 0 Å². The van der Waals surface area contributed by atoms with Gasteiger partial charge < -0.3 is 10.6 Å². The highest BCUT2D eigenvalue weighted by atomic mass is 15.3. The Bertz CT molecular complexity index is 724. The first-order chi connectivity index (χ1) is 12.2. The van der Waals surface area contributed by atoms with Crippen molar-refractivity contribution in [3.05, 3.63) is 47.7 Å². The zero-order valence-electron chi connectivity index (χ0n) is 15.1. The molecule has 5 heteroatoms. The molecule has 0 bridgehead atoms. The molecule has 0 unspecified atom stereocenters. The maximum Gasteiger partial charge on any atom is 0.249 e. The molecule has 0 saturated carbocycles. The van der Waals surface area contributed by atoms with Crippen molar-refractivity contribution in [2.24, 2.45) is 0 Å². The second-order valence-corrected chi connectivity index (χ2v) is 6.82. The third-order valence-corrected chi connectivity index (χ3v) is 4.53. The predicted octanol–water partition coefficient (Wildman–Crippen LogP) is 5.04. The van der Waals surface area contributed by atoms with Crippen LogP contribution in [-0.4, -0.2) is 21.7 Å². The molecule has 1 aromatic carbocycles. The van der Waals surface area contributed by atoms with E-state index in [1.807, 2.05) is 12.1 Å². The molecule has 0 amide bonds. The monoisotopic (exact) mass is 337 g/mol. The standard InChI is InChI=1S/C20H27N5/c1-15(2)17-10-6-7-11-18(17)23-20-24-19(14-22-25-20)21-13-12-16-8-4-3-5-9-16/h6-8,10-11,14-15H,3-5,9,12-13H2,1-2H3,(H2,21,23,24,25). The zero-order chi connectivity index (χ0) is 17.5. The number of rotatable bonds is 7. The molecular weight excluding hydrogens is 310 g/mol. The molecular formula is C20H27N5. The van der Waals surface area contributed by atoms with Crippen LogP contribution in [-0.2, 0) is 0 Å².